The van der Waals surface area contributed by atoms with Gasteiger partial charge in [-0.1, -0.05) is 34.1 Å². The van der Waals surface area contributed by atoms with Crippen molar-refractivity contribution in [3.05, 3.63) is 0 Å². The van der Waals surface area contributed by atoms with Gasteiger partial charge in [-0.05, 0) is 48.3 Å². The molecule has 0 spiro atoms. The van der Waals surface area contributed by atoms with E-state index in [1.54, 1.807) is 0 Å². The van der Waals surface area contributed by atoms with Crippen LogP contribution < -0.4 is 11.1 Å². The van der Waals surface area contributed by atoms with E-state index in [2.05, 4.69) is 33.0 Å². The summed E-state index contributed by atoms with van der Waals surface area (Å²) in [7, 11) is 0. The first-order chi connectivity index (χ1) is 9.25. The molecule has 0 heterocycles. The second-order valence-corrected chi connectivity index (χ2v) is 8.58. The molecule has 3 fully saturated rings. The Morgan fingerprint density at radius 3 is 1.95 bits per heavy atom. The Kier molecular flexibility index (Phi) is 4.41. The lowest BCUT2D eigenvalue weighted by atomic mass is 9.65. The fourth-order valence-corrected chi connectivity index (χ4v) is 4.82. The predicted octanol–water partition coefficient (Wildman–Crippen LogP) is 3.11. The molecule has 0 aromatic heterocycles. The third kappa shape index (κ3) is 2.61. The highest BCUT2D eigenvalue weighted by Crippen LogP contribution is 2.62. The molecule has 3 nitrogen and oxygen atoms in total. The minimum absolute atomic E-state index is 0. The van der Waals surface area contributed by atoms with Crippen LogP contribution in [0.25, 0.3) is 0 Å². The first-order valence-corrected chi connectivity index (χ1v) is 8.31. The molecule has 2 unspecified atom stereocenters. The van der Waals surface area contributed by atoms with E-state index in [1.807, 2.05) is 0 Å². The van der Waals surface area contributed by atoms with E-state index in [-0.39, 0.29) is 35.1 Å². The molecule has 122 valence electrons. The fraction of sp³-hybridized carbons (Fsp3) is 0.941. The molecular weight excluding hydrogens is 284 g/mol. The number of hydrogen-bond donors (Lipinski definition) is 2. The van der Waals surface area contributed by atoms with E-state index in [0.29, 0.717) is 23.9 Å². The van der Waals surface area contributed by atoms with Gasteiger partial charge in [-0.3, -0.25) is 4.79 Å². The summed E-state index contributed by atoms with van der Waals surface area (Å²) in [4.78, 5) is 12.6. The topological polar surface area (TPSA) is 55.1 Å². The molecule has 0 aliphatic heterocycles. The highest BCUT2D eigenvalue weighted by molar-refractivity contribution is 5.85. The number of amides is 1. The van der Waals surface area contributed by atoms with Gasteiger partial charge < -0.3 is 11.1 Å². The molecule has 1 amide bonds. The first-order valence-electron chi connectivity index (χ1n) is 8.31. The number of hydrogen-bond acceptors (Lipinski definition) is 2. The molecule has 2 atom stereocenters. The first kappa shape index (κ1) is 17.1. The van der Waals surface area contributed by atoms with Crippen LogP contribution in [0.2, 0.25) is 0 Å². The molecule has 0 aromatic rings. The summed E-state index contributed by atoms with van der Waals surface area (Å²) in [6.45, 7) is 9.01. The van der Waals surface area contributed by atoms with Crippen LogP contribution in [0.5, 0.6) is 0 Å². The molecule has 21 heavy (non-hydrogen) atoms. The van der Waals surface area contributed by atoms with Crippen molar-refractivity contribution in [1.29, 1.82) is 0 Å². The van der Waals surface area contributed by atoms with E-state index >= 15 is 0 Å². The van der Waals surface area contributed by atoms with E-state index in [1.165, 1.54) is 19.3 Å². The Morgan fingerprint density at radius 1 is 1.05 bits per heavy atom. The Balaban J connectivity index is 0.00000161. The van der Waals surface area contributed by atoms with Crippen LogP contribution in [0.4, 0.5) is 0 Å². The Hall–Kier alpha value is -0.280. The van der Waals surface area contributed by atoms with E-state index in [4.69, 9.17) is 5.73 Å². The van der Waals surface area contributed by atoms with Gasteiger partial charge in [0.15, 0.2) is 0 Å². The summed E-state index contributed by atoms with van der Waals surface area (Å²) >= 11 is 0. The molecule has 0 saturated heterocycles. The number of fused-ring (bicyclic) bond motifs is 2. The number of nitrogens with two attached hydrogens (primary N) is 1. The highest BCUT2D eigenvalue weighted by Gasteiger charge is 2.65. The second-order valence-electron chi connectivity index (χ2n) is 8.58. The SMILES string of the molecule is CC1(C)C(NC(=O)C2CC3CCCC(C2)C3N)C1(C)C.Cl. The summed E-state index contributed by atoms with van der Waals surface area (Å²) < 4.78 is 0. The molecule has 3 aliphatic carbocycles. The molecular formula is C17H31ClN2O. The summed E-state index contributed by atoms with van der Waals surface area (Å²) in [5.41, 5.74) is 6.77. The van der Waals surface area contributed by atoms with Crippen molar-refractivity contribution in [2.75, 3.05) is 0 Å². The van der Waals surface area contributed by atoms with Crippen LogP contribution in [0.3, 0.4) is 0 Å². The van der Waals surface area contributed by atoms with E-state index in [0.717, 1.165) is 12.8 Å². The van der Waals surface area contributed by atoms with Crippen molar-refractivity contribution in [3.8, 4) is 0 Å². The van der Waals surface area contributed by atoms with Crippen molar-refractivity contribution in [2.45, 2.75) is 71.9 Å². The third-order valence-electron chi connectivity index (χ3n) is 7.09. The lowest BCUT2D eigenvalue weighted by Gasteiger charge is -2.43. The van der Waals surface area contributed by atoms with Gasteiger partial charge in [-0.25, -0.2) is 0 Å². The number of nitrogens with one attached hydrogen (secondary N) is 1. The molecule has 3 N–H and O–H groups in total. The molecule has 0 aromatic carbocycles. The highest BCUT2D eigenvalue weighted by atomic mass is 35.5. The van der Waals surface area contributed by atoms with Gasteiger partial charge in [0.05, 0.1) is 0 Å². The van der Waals surface area contributed by atoms with Gasteiger partial charge in [-0.15, -0.1) is 12.4 Å². The molecule has 3 saturated carbocycles. The number of halogens is 1. The summed E-state index contributed by atoms with van der Waals surface area (Å²) in [6, 6.07) is 0.680. The monoisotopic (exact) mass is 314 g/mol. The lowest BCUT2D eigenvalue weighted by Crippen LogP contribution is -2.49. The number of carbonyl (C=O) groups excluding carboxylic acids is 1. The maximum absolute atomic E-state index is 12.6. The summed E-state index contributed by atoms with van der Waals surface area (Å²) in [5.74, 6) is 1.66. The molecule has 0 radical (unpaired) electrons. The minimum atomic E-state index is 0. The zero-order valence-corrected chi connectivity index (χ0v) is 14.6. The molecule has 2 bridgehead atoms. The van der Waals surface area contributed by atoms with Crippen LogP contribution in [0.15, 0.2) is 0 Å². The van der Waals surface area contributed by atoms with Gasteiger partial charge in [-0.2, -0.15) is 0 Å². The van der Waals surface area contributed by atoms with Crippen molar-refractivity contribution >= 4 is 18.3 Å². The van der Waals surface area contributed by atoms with Crippen molar-refractivity contribution in [1.82, 2.24) is 5.32 Å². The van der Waals surface area contributed by atoms with E-state index < -0.39 is 0 Å². The third-order valence-corrected chi connectivity index (χ3v) is 7.09. The van der Waals surface area contributed by atoms with Gasteiger partial charge in [0.2, 0.25) is 5.91 Å². The quantitative estimate of drug-likeness (QED) is 0.823. The Morgan fingerprint density at radius 2 is 1.52 bits per heavy atom. The molecule has 3 aliphatic rings. The van der Waals surface area contributed by atoms with Crippen molar-refractivity contribution < 1.29 is 4.79 Å². The second kappa shape index (κ2) is 5.42. The van der Waals surface area contributed by atoms with Gasteiger partial charge in [0.1, 0.15) is 0 Å². The zero-order valence-electron chi connectivity index (χ0n) is 13.8. The van der Waals surface area contributed by atoms with Gasteiger partial charge in [0.25, 0.3) is 0 Å². The van der Waals surface area contributed by atoms with Crippen LogP contribution in [0, 0.1) is 28.6 Å². The van der Waals surface area contributed by atoms with Crippen molar-refractivity contribution in [3.63, 3.8) is 0 Å². The minimum Gasteiger partial charge on any atom is -0.352 e. The number of rotatable bonds is 2. The molecule has 4 heteroatoms. The van der Waals surface area contributed by atoms with Crippen LogP contribution in [0.1, 0.15) is 59.8 Å². The normalized spacial score (nSPS) is 40.0. The lowest BCUT2D eigenvalue weighted by molar-refractivity contribution is -0.128. The fourth-order valence-electron chi connectivity index (χ4n) is 4.82. The van der Waals surface area contributed by atoms with Crippen molar-refractivity contribution in [2.24, 2.45) is 34.3 Å². The largest absolute Gasteiger partial charge is 0.352 e. The van der Waals surface area contributed by atoms with Gasteiger partial charge >= 0.3 is 0 Å². The molecule has 3 rings (SSSR count). The Bertz CT molecular complexity index is 393. The Labute approximate surface area is 135 Å². The maximum atomic E-state index is 12.6. The van der Waals surface area contributed by atoms with Crippen LogP contribution >= 0.6 is 12.4 Å². The standard InChI is InChI=1S/C17H30N2O.ClH/c1-16(2)15(17(16,3)4)19-14(20)12-8-10-6-5-7-11(9-12)13(10)18;/h10-13,15H,5-9,18H2,1-4H3,(H,19,20);1H. The maximum Gasteiger partial charge on any atom is 0.223 e. The van der Waals surface area contributed by atoms with Gasteiger partial charge in [0, 0.05) is 18.0 Å². The zero-order chi connectivity index (χ0) is 14.7. The average molecular weight is 315 g/mol. The number of carbonyl (C=O) groups is 1. The predicted molar refractivity (Wildman–Crippen MR) is 88.3 cm³/mol. The summed E-state index contributed by atoms with van der Waals surface area (Å²) in [6.07, 6.45) is 5.78. The van der Waals surface area contributed by atoms with E-state index in [9.17, 15) is 4.79 Å². The summed E-state index contributed by atoms with van der Waals surface area (Å²) in [5, 5.41) is 3.33. The van der Waals surface area contributed by atoms with Crippen LogP contribution in [-0.4, -0.2) is 18.0 Å². The smallest absolute Gasteiger partial charge is 0.223 e. The van der Waals surface area contributed by atoms with Crippen LogP contribution in [-0.2, 0) is 4.79 Å². The average Bonchev–Trinajstić information content (AvgIpc) is 2.71.